The number of hydrogen-bond acceptors (Lipinski definition) is 2. The number of hydrogen-bond donors (Lipinski definition) is 1. The lowest BCUT2D eigenvalue weighted by Crippen LogP contribution is -2.11. The second-order valence-electron chi connectivity index (χ2n) is 3.95. The molecule has 0 aliphatic heterocycles. The van der Waals surface area contributed by atoms with Crippen LogP contribution in [-0.4, -0.2) is 16.9 Å². The predicted octanol–water partition coefficient (Wildman–Crippen LogP) is 3.03. The van der Waals surface area contributed by atoms with E-state index in [1.54, 1.807) is 0 Å². The van der Waals surface area contributed by atoms with Crippen LogP contribution in [0.2, 0.25) is 0 Å². The number of carboxylic acid groups (broad SMARTS) is 1. The molecule has 20 heavy (non-hydrogen) atoms. The summed E-state index contributed by atoms with van der Waals surface area (Å²) >= 11 is 0. The molecule has 2 aromatic rings. The van der Waals surface area contributed by atoms with E-state index in [0.29, 0.717) is 12.1 Å². The van der Waals surface area contributed by atoms with Gasteiger partial charge in [-0.15, -0.1) is 0 Å². The van der Waals surface area contributed by atoms with Crippen LogP contribution in [0.15, 0.2) is 36.4 Å². The van der Waals surface area contributed by atoms with Gasteiger partial charge in [-0.05, 0) is 36.4 Å². The minimum Gasteiger partial charge on any atom is -0.478 e. The van der Waals surface area contributed by atoms with Crippen LogP contribution in [-0.2, 0) is 0 Å². The molecule has 0 radical (unpaired) electrons. The molecular weight excluding hydrogens is 273 g/mol. The summed E-state index contributed by atoms with van der Waals surface area (Å²) < 4.78 is 39.0. The zero-order valence-corrected chi connectivity index (χ0v) is 9.86. The van der Waals surface area contributed by atoms with E-state index in [0.717, 1.165) is 24.3 Å². The normalized spacial score (nSPS) is 10.3. The summed E-state index contributed by atoms with van der Waals surface area (Å²) in [5.74, 6) is -5.67. The zero-order chi connectivity index (χ0) is 14.9. The maximum Gasteiger partial charge on any atom is 0.336 e. The van der Waals surface area contributed by atoms with Crippen LogP contribution >= 0.6 is 0 Å². The molecule has 0 atom stereocenters. The molecule has 0 bridgehead atoms. The van der Waals surface area contributed by atoms with Crippen molar-refractivity contribution in [2.45, 2.75) is 0 Å². The van der Waals surface area contributed by atoms with Crippen LogP contribution < -0.4 is 0 Å². The molecule has 0 spiro atoms. The minimum atomic E-state index is -1.56. The highest BCUT2D eigenvalue weighted by Gasteiger charge is 2.21. The largest absolute Gasteiger partial charge is 0.478 e. The first-order chi connectivity index (χ1) is 9.40. The van der Waals surface area contributed by atoms with Crippen LogP contribution in [0.5, 0.6) is 0 Å². The smallest absolute Gasteiger partial charge is 0.336 e. The Morgan fingerprint density at radius 2 is 1.35 bits per heavy atom. The Morgan fingerprint density at radius 1 is 0.850 bits per heavy atom. The van der Waals surface area contributed by atoms with Gasteiger partial charge in [-0.1, -0.05) is 0 Å². The van der Waals surface area contributed by atoms with E-state index in [4.69, 9.17) is 5.11 Å². The lowest BCUT2D eigenvalue weighted by molar-refractivity contribution is 0.0692. The van der Waals surface area contributed by atoms with Crippen molar-refractivity contribution in [3.63, 3.8) is 0 Å². The van der Waals surface area contributed by atoms with Gasteiger partial charge in [0.2, 0.25) is 0 Å². The first-order valence-corrected chi connectivity index (χ1v) is 5.42. The third-order valence-corrected chi connectivity index (χ3v) is 2.64. The Bertz CT molecular complexity index is 694. The maximum atomic E-state index is 13.2. The molecule has 0 heterocycles. The molecule has 102 valence electrons. The number of carboxylic acids is 1. The van der Waals surface area contributed by atoms with Crippen molar-refractivity contribution in [2.75, 3.05) is 0 Å². The fourth-order valence-corrected chi connectivity index (χ4v) is 1.67. The zero-order valence-electron chi connectivity index (χ0n) is 9.86. The van der Waals surface area contributed by atoms with E-state index in [9.17, 15) is 22.8 Å². The molecule has 0 unspecified atom stereocenters. The number of benzene rings is 2. The van der Waals surface area contributed by atoms with Gasteiger partial charge in [-0.25, -0.2) is 18.0 Å². The number of rotatable bonds is 3. The van der Waals surface area contributed by atoms with Gasteiger partial charge >= 0.3 is 5.97 Å². The quantitative estimate of drug-likeness (QED) is 0.879. The van der Waals surface area contributed by atoms with Gasteiger partial charge < -0.3 is 5.11 Å². The number of carbonyl (C=O) groups excluding carboxylic acids is 1. The van der Waals surface area contributed by atoms with E-state index in [1.165, 1.54) is 0 Å². The number of halogens is 3. The molecular formula is C14H7F3O3. The lowest BCUT2D eigenvalue weighted by Gasteiger charge is -2.06. The summed E-state index contributed by atoms with van der Waals surface area (Å²) in [6.07, 6.45) is 0. The second-order valence-corrected chi connectivity index (χ2v) is 3.95. The van der Waals surface area contributed by atoms with E-state index in [1.807, 2.05) is 0 Å². The van der Waals surface area contributed by atoms with E-state index < -0.39 is 40.3 Å². The molecule has 0 aliphatic rings. The predicted molar refractivity (Wildman–Crippen MR) is 63.1 cm³/mol. The first kappa shape index (κ1) is 13.8. The van der Waals surface area contributed by atoms with Gasteiger partial charge in [0.1, 0.15) is 5.82 Å². The van der Waals surface area contributed by atoms with Crippen LogP contribution in [0.4, 0.5) is 13.2 Å². The first-order valence-electron chi connectivity index (χ1n) is 5.42. The highest BCUT2D eigenvalue weighted by Crippen LogP contribution is 2.19. The summed E-state index contributed by atoms with van der Waals surface area (Å²) in [6, 6.07) is 5.23. The van der Waals surface area contributed by atoms with Crippen LogP contribution in [0, 0.1) is 17.5 Å². The molecule has 3 nitrogen and oxygen atoms in total. The third-order valence-electron chi connectivity index (χ3n) is 2.64. The van der Waals surface area contributed by atoms with Gasteiger partial charge in [-0.3, -0.25) is 4.79 Å². The Balaban J connectivity index is 2.56. The van der Waals surface area contributed by atoms with Crippen molar-refractivity contribution in [2.24, 2.45) is 0 Å². The molecule has 0 aliphatic carbocycles. The minimum absolute atomic E-state index is 0.0279. The fraction of sp³-hybridized carbons (Fsp3) is 0. The molecule has 0 fully saturated rings. The van der Waals surface area contributed by atoms with Gasteiger partial charge in [0.25, 0.3) is 0 Å². The van der Waals surface area contributed by atoms with Crippen molar-refractivity contribution < 1.29 is 27.9 Å². The molecule has 2 aromatic carbocycles. The van der Waals surface area contributed by atoms with Gasteiger partial charge in [0.05, 0.1) is 5.56 Å². The summed E-state index contributed by atoms with van der Waals surface area (Å²) in [4.78, 5) is 23.0. The number of aromatic carboxylic acids is 1. The van der Waals surface area contributed by atoms with Crippen LogP contribution in [0.1, 0.15) is 26.3 Å². The van der Waals surface area contributed by atoms with E-state index in [2.05, 4.69) is 0 Å². The molecule has 0 saturated heterocycles. The fourth-order valence-electron chi connectivity index (χ4n) is 1.67. The van der Waals surface area contributed by atoms with Crippen molar-refractivity contribution in [1.82, 2.24) is 0 Å². The summed E-state index contributed by atoms with van der Waals surface area (Å²) in [5.41, 5.74) is -1.18. The summed E-state index contributed by atoms with van der Waals surface area (Å²) in [6.45, 7) is 0. The molecule has 2 rings (SSSR count). The average Bonchev–Trinajstić information content (AvgIpc) is 2.41. The van der Waals surface area contributed by atoms with Crippen LogP contribution in [0.3, 0.4) is 0 Å². The van der Waals surface area contributed by atoms with Crippen molar-refractivity contribution in [1.29, 1.82) is 0 Å². The molecule has 6 heteroatoms. The molecule has 0 amide bonds. The Labute approximate surface area is 111 Å². The Hall–Kier alpha value is -2.63. The molecule has 0 saturated carbocycles. The standard InChI is InChI=1S/C14H7F3O3/c15-8-3-1-7(2-4-8)13(18)9-5-11(16)12(17)6-10(9)14(19)20/h1-6H,(H,19,20). The van der Waals surface area contributed by atoms with Crippen LogP contribution in [0.25, 0.3) is 0 Å². The van der Waals surface area contributed by atoms with Gasteiger partial charge in [0.15, 0.2) is 17.4 Å². The summed E-state index contributed by atoms with van der Waals surface area (Å²) in [5, 5.41) is 8.92. The topological polar surface area (TPSA) is 54.4 Å². The molecule has 0 aromatic heterocycles. The van der Waals surface area contributed by atoms with Gasteiger partial charge in [0, 0.05) is 11.1 Å². The van der Waals surface area contributed by atoms with Crippen molar-refractivity contribution in [3.05, 3.63) is 70.5 Å². The monoisotopic (exact) mass is 280 g/mol. The van der Waals surface area contributed by atoms with Crippen molar-refractivity contribution in [3.8, 4) is 0 Å². The SMILES string of the molecule is O=C(O)c1cc(F)c(F)cc1C(=O)c1ccc(F)cc1. The van der Waals surface area contributed by atoms with E-state index in [-0.39, 0.29) is 5.56 Å². The van der Waals surface area contributed by atoms with Gasteiger partial charge in [-0.2, -0.15) is 0 Å². The summed E-state index contributed by atoms with van der Waals surface area (Å²) in [7, 11) is 0. The third kappa shape index (κ3) is 2.54. The second kappa shape index (κ2) is 5.16. The highest BCUT2D eigenvalue weighted by atomic mass is 19.2. The maximum absolute atomic E-state index is 13.2. The highest BCUT2D eigenvalue weighted by molar-refractivity contribution is 6.14. The number of carbonyl (C=O) groups is 2. The van der Waals surface area contributed by atoms with Crippen molar-refractivity contribution >= 4 is 11.8 Å². The Kier molecular flexibility index (Phi) is 3.56. The lowest BCUT2D eigenvalue weighted by atomic mass is 9.98. The van der Waals surface area contributed by atoms with E-state index >= 15 is 0 Å². The molecule has 1 N–H and O–H groups in total. The average molecular weight is 280 g/mol. The Morgan fingerprint density at radius 3 is 1.85 bits per heavy atom. The number of ketones is 1.